The van der Waals surface area contributed by atoms with Crippen molar-refractivity contribution in [1.29, 1.82) is 0 Å². The number of para-hydroxylation sites is 2. The maximum absolute atomic E-state index is 6.67. The molecule has 0 aliphatic rings. The van der Waals surface area contributed by atoms with Gasteiger partial charge >= 0.3 is 0 Å². The van der Waals surface area contributed by atoms with Crippen LogP contribution >= 0.6 is 0 Å². The summed E-state index contributed by atoms with van der Waals surface area (Å²) in [7, 11) is 0. The fraction of sp³-hybridized carbons (Fsp3) is 0. The van der Waals surface area contributed by atoms with E-state index >= 15 is 0 Å². The first kappa shape index (κ1) is 37.5. The smallest absolute Gasteiger partial charge is 0.136 e. The van der Waals surface area contributed by atoms with Crippen molar-refractivity contribution in [3.8, 4) is 55.8 Å². The zero-order valence-corrected chi connectivity index (χ0v) is 36.4. The molecule has 0 aliphatic carbocycles. The Balaban J connectivity index is 1.00. The van der Waals surface area contributed by atoms with Gasteiger partial charge in [-0.1, -0.05) is 188 Å². The Kier molecular flexibility index (Phi) is 8.32. The zero-order chi connectivity index (χ0) is 44.0. The Hall–Kier alpha value is -8.85. The minimum absolute atomic E-state index is 0.856. The molecule has 2 nitrogen and oxygen atoms in total. The van der Waals surface area contributed by atoms with E-state index in [9.17, 15) is 0 Å². The summed E-state index contributed by atoms with van der Waals surface area (Å²) in [6, 6.07) is 86.0. The summed E-state index contributed by atoms with van der Waals surface area (Å²) >= 11 is 0. The van der Waals surface area contributed by atoms with Crippen molar-refractivity contribution < 1.29 is 4.42 Å². The van der Waals surface area contributed by atoms with Crippen molar-refractivity contribution >= 4 is 86.7 Å². The average Bonchev–Trinajstić information content (AvgIpc) is 3.78. The van der Waals surface area contributed by atoms with Crippen molar-refractivity contribution in [2.45, 2.75) is 0 Å². The van der Waals surface area contributed by atoms with Gasteiger partial charge in [-0.15, -0.1) is 0 Å². The van der Waals surface area contributed by atoms with Crippen LogP contribution in [0.3, 0.4) is 0 Å². The molecule has 2 aromatic heterocycles. The van der Waals surface area contributed by atoms with Gasteiger partial charge in [0.15, 0.2) is 0 Å². The lowest BCUT2D eigenvalue weighted by atomic mass is 9.87. The Morgan fingerprint density at radius 3 is 1.40 bits per heavy atom. The molecule has 0 aliphatic heterocycles. The fourth-order valence-electron chi connectivity index (χ4n) is 10.9. The van der Waals surface area contributed by atoms with Crippen molar-refractivity contribution in [2.24, 2.45) is 0 Å². The van der Waals surface area contributed by atoms with Gasteiger partial charge in [0.2, 0.25) is 0 Å². The molecule has 310 valence electrons. The van der Waals surface area contributed by atoms with E-state index in [0.717, 1.165) is 66.2 Å². The van der Waals surface area contributed by atoms with Crippen LogP contribution in [-0.2, 0) is 0 Å². The summed E-state index contributed by atoms with van der Waals surface area (Å²) in [6.07, 6.45) is 0. The normalized spacial score (nSPS) is 11.9. The predicted molar refractivity (Wildman–Crippen MR) is 284 cm³/mol. The van der Waals surface area contributed by atoms with Gasteiger partial charge in [0.1, 0.15) is 11.2 Å². The molecular weight excluding hydrogens is 811 g/mol. The topological polar surface area (TPSA) is 26.0 Å². The first-order valence-corrected chi connectivity index (χ1v) is 23.0. The standard InChI is InChI=1S/C65H39NO/c1-2-16-41(17-3-1)62-63-54-26-12-14-28-59(54)66-65(58(63)39-61-64(62)55-27-13-15-29-60(55)67-61)42-32-30-40(31-33-42)45-34-46(56-37-43-18-4-6-20-48(43)50-22-8-10-24-52(50)56)36-47(35-45)57-38-44-19-5-7-21-49(44)51-23-9-11-25-53(51)57/h1-39H. The highest BCUT2D eigenvalue weighted by atomic mass is 16.3. The number of rotatable bonds is 5. The van der Waals surface area contributed by atoms with Crippen LogP contribution in [-0.4, -0.2) is 4.98 Å². The number of hydrogen-bond acceptors (Lipinski definition) is 2. The third-order valence-electron chi connectivity index (χ3n) is 14.0. The quantitative estimate of drug-likeness (QED) is 0.161. The van der Waals surface area contributed by atoms with Gasteiger partial charge in [0.05, 0.1) is 11.2 Å². The molecule has 0 N–H and O–H groups in total. The van der Waals surface area contributed by atoms with Crippen LogP contribution in [0.15, 0.2) is 241 Å². The third kappa shape index (κ3) is 5.93. The summed E-state index contributed by atoms with van der Waals surface area (Å²) in [6.45, 7) is 0. The molecule has 14 aromatic rings. The van der Waals surface area contributed by atoms with Gasteiger partial charge in [-0.25, -0.2) is 4.98 Å². The highest BCUT2D eigenvalue weighted by molar-refractivity contribution is 6.28. The Bertz CT molecular complexity index is 4180. The highest BCUT2D eigenvalue weighted by Crippen LogP contribution is 2.47. The lowest BCUT2D eigenvalue weighted by Gasteiger charge is -2.17. The Morgan fingerprint density at radius 1 is 0.269 bits per heavy atom. The molecule has 0 saturated carbocycles. The molecule has 0 unspecified atom stereocenters. The second kappa shape index (κ2) is 14.9. The lowest BCUT2D eigenvalue weighted by molar-refractivity contribution is 0.669. The first-order valence-electron chi connectivity index (χ1n) is 23.0. The number of hydrogen-bond donors (Lipinski definition) is 0. The molecule has 0 radical (unpaired) electrons. The SMILES string of the molecule is c1ccc(-c2c3c(cc4c(-c5ccc(-c6cc(-c7cc8ccccc8c8ccccc78)cc(-c7cc8ccccc8c8ccccc78)c6)cc5)nc5ccccc5c24)oc2ccccc23)cc1. The molecule has 0 saturated heterocycles. The molecule has 0 bridgehead atoms. The van der Waals surface area contributed by atoms with Gasteiger partial charge in [-0.2, -0.15) is 0 Å². The van der Waals surface area contributed by atoms with Crippen molar-refractivity contribution in [3.63, 3.8) is 0 Å². The van der Waals surface area contributed by atoms with Crippen LogP contribution in [0.25, 0.3) is 142 Å². The highest BCUT2D eigenvalue weighted by Gasteiger charge is 2.22. The molecular formula is C65H39NO. The number of furan rings is 1. The third-order valence-corrected chi connectivity index (χ3v) is 14.0. The molecule has 0 atom stereocenters. The molecule has 2 heteroatoms. The minimum Gasteiger partial charge on any atom is -0.456 e. The number of pyridine rings is 1. The van der Waals surface area contributed by atoms with E-state index in [1.165, 1.54) is 76.3 Å². The van der Waals surface area contributed by atoms with E-state index in [1.54, 1.807) is 0 Å². The summed E-state index contributed by atoms with van der Waals surface area (Å²) in [5.41, 5.74) is 14.1. The minimum atomic E-state index is 0.856. The first-order chi connectivity index (χ1) is 33.2. The van der Waals surface area contributed by atoms with Crippen LogP contribution in [0.2, 0.25) is 0 Å². The van der Waals surface area contributed by atoms with E-state index in [0.29, 0.717) is 0 Å². The Morgan fingerprint density at radius 2 is 0.761 bits per heavy atom. The summed E-state index contributed by atoms with van der Waals surface area (Å²) in [5, 5.41) is 15.6. The van der Waals surface area contributed by atoms with Crippen molar-refractivity contribution in [3.05, 3.63) is 237 Å². The lowest BCUT2D eigenvalue weighted by Crippen LogP contribution is -1.93. The van der Waals surface area contributed by atoms with Gasteiger partial charge in [-0.3, -0.25) is 0 Å². The maximum Gasteiger partial charge on any atom is 0.136 e. The van der Waals surface area contributed by atoms with E-state index in [1.807, 2.05) is 6.07 Å². The molecule has 0 fully saturated rings. The van der Waals surface area contributed by atoms with E-state index < -0.39 is 0 Å². The van der Waals surface area contributed by atoms with Crippen molar-refractivity contribution in [2.75, 3.05) is 0 Å². The summed E-state index contributed by atoms with van der Waals surface area (Å²) in [5.74, 6) is 0. The number of aromatic nitrogens is 1. The van der Waals surface area contributed by atoms with Gasteiger partial charge < -0.3 is 4.42 Å². The monoisotopic (exact) mass is 849 g/mol. The molecule has 14 rings (SSSR count). The Labute approximate surface area is 386 Å². The zero-order valence-electron chi connectivity index (χ0n) is 36.4. The van der Waals surface area contributed by atoms with Gasteiger partial charge in [0.25, 0.3) is 0 Å². The number of benzene rings is 12. The summed E-state index contributed by atoms with van der Waals surface area (Å²) < 4.78 is 6.67. The van der Waals surface area contributed by atoms with E-state index in [-0.39, 0.29) is 0 Å². The molecule has 0 amide bonds. The van der Waals surface area contributed by atoms with Gasteiger partial charge in [-0.05, 0) is 131 Å². The van der Waals surface area contributed by atoms with Gasteiger partial charge in [0, 0.05) is 38.1 Å². The fourth-order valence-corrected chi connectivity index (χ4v) is 10.9. The number of nitrogens with zero attached hydrogens (tertiary/aromatic N) is 1. The van der Waals surface area contributed by atoms with Crippen LogP contribution in [0.5, 0.6) is 0 Å². The van der Waals surface area contributed by atoms with Crippen molar-refractivity contribution in [1.82, 2.24) is 4.98 Å². The van der Waals surface area contributed by atoms with Crippen LogP contribution in [0, 0.1) is 0 Å². The average molecular weight is 850 g/mol. The van der Waals surface area contributed by atoms with E-state index in [4.69, 9.17) is 9.40 Å². The van der Waals surface area contributed by atoms with E-state index in [2.05, 4.69) is 231 Å². The second-order valence-electron chi connectivity index (χ2n) is 17.7. The number of fused-ring (bicyclic) bond motifs is 12. The predicted octanol–water partition coefficient (Wildman–Crippen LogP) is 18.2. The molecule has 0 spiro atoms. The van der Waals surface area contributed by atoms with Crippen LogP contribution in [0.4, 0.5) is 0 Å². The maximum atomic E-state index is 6.67. The largest absolute Gasteiger partial charge is 0.456 e. The second-order valence-corrected chi connectivity index (χ2v) is 17.7. The summed E-state index contributed by atoms with van der Waals surface area (Å²) in [4.78, 5) is 5.45. The molecule has 2 heterocycles. The van der Waals surface area contributed by atoms with Crippen LogP contribution in [0.1, 0.15) is 0 Å². The molecule has 67 heavy (non-hydrogen) atoms. The van der Waals surface area contributed by atoms with Crippen LogP contribution < -0.4 is 0 Å². The molecule has 12 aromatic carbocycles.